The first-order valence-corrected chi connectivity index (χ1v) is 5.09. The molecule has 1 rings (SSSR count). The Morgan fingerprint density at radius 3 is 1.87 bits per heavy atom. The van der Waals surface area contributed by atoms with Crippen LogP contribution in [0.25, 0.3) is 0 Å². The van der Waals surface area contributed by atoms with Crippen molar-refractivity contribution in [1.29, 1.82) is 0 Å². The average Bonchev–Trinajstić information content (AvgIpc) is 2.03. The molecule has 7 heteroatoms. The van der Waals surface area contributed by atoms with Crippen molar-refractivity contribution in [2.45, 2.75) is 6.92 Å². The second-order valence-corrected chi connectivity index (χ2v) is 4.07. The molecule has 0 fully saturated rings. The van der Waals surface area contributed by atoms with E-state index < -0.39 is 13.1 Å². The van der Waals surface area contributed by atoms with Crippen molar-refractivity contribution in [3.63, 3.8) is 0 Å². The van der Waals surface area contributed by atoms with Crippen molar-refractivity contribution in [1.82, 2.24) is 0 Å². The topological polar surface area (TPSA) is 80.3 Å². The largest absolute Gasteiger partial charge is 1.00 e. The molecule has 1 aromatic rings. The molecule has 4 nitrogen and oxygen atoms in total. The molecule has 0 bridgehead atoms. The molecule has 0 atom stereocenters. The summed E-state index contributed by atoms with van der Waals surface area (Å²) in [5.74, 6) is 0. The first-order valence-electron chi connectivity index (χ1n) is 3.55. The maximum Gasteiger partial charge on any atom is 1.00 e. The van der Waals surface area contributed by atoms with E-state index in [-0.39, 0.29) is 64.7 Å². The van der Waals surface area contributed by atoms with Gasteiger partial charge in [-0.25, -0.2) is 0 Å². The molecule has 70 valence electrons. The van der Waals surface area contributed by atoms with Gasteiger partial charge in [0.05, 0.1) is 0 Å². The first-order chi connectivity index (χ1) is 5.91. The van der Waals surface area contributed by atoms with E-state index in [0.29, 0.717) is 0 Å². The molecule has 0 saturated heterocycles. The Hall–Kier alpha value is 1.04. The van der Waals surface area contributed by atoms with Crippen LogP contribution < -0.4 is 68.9 Å². The Kier molecular flexibility index (Phi) is 9.06. The minimum absolute atomic E-state index is 0. The Morgan fingerprint density at radius 1 is 1.13 bits per heavy atom. The zero-order chi connectivity index (χ0) is 10.1. The minimum atomic E-state index is -5.13. The summed E-state index contributed by atoms with van der Waals surface area (Å²) >= 11 is 0. The summed E-state index contributed by atoms with van der Waals surface area (Å²) in [6.45, 7) is 1.79. The van der Waals surface area contributed by atoms with Gasteiger partial charge >= 0.3 is 59.1 Å². The number of hydrogen-bond acceptors (Lipinski definition) is 4. The Labute approximate surface area is 132 Å². The molecule has 1 aromatic carbocycles. The average molecular weight is 244 g/mol. The van der Waals surface area contributed by atoms with E-state index in [0.717, 1.165) is 5.56 Å². The van der Waals surface area contributed by atoms with Gasteiger partial charge in [0, 0.05) is 13.2 Å². The van der Waals surface area contributed by atoms with Crippen molar-refractivity contribution < 1.29 is 78.3 Å². The predicted molar refractivity (Wildman–Crippen MR) is 43.1 cm³/mol. The molecule has 0 N–H and O–H groups in total. The zero-order valence-corrected chi connectivity index (χ0v) is 13.8. The van der Waals surface area contributed by atoms with Crippen molar-refractivity contribution in [3.8, 4) is 0 Å². The molecule has 15 heavy (non-hydrogen) atoms. The molecule has 0 unspecified atom stereocenters. The summed E-state index contributed by atoms with van der Waals surface area (Å²) in [6, 6.07) is 5.78. The Morgan fingerprint density at radius 2 is 1.53 bits per heavy atom. The number of benzene rings is 1. The van der Waals surface area contributed by atoms with Crippen LogP contribution in [-0.4, -0.2) is 5.52 Å². The molecular formula is C8H7Na2O4P. The third kappa shape index (κ3) is 5.78. The maximum absolute atomic E-state index is 10.9. The molecular weight excluding hydrogens is 237 g/mol. The van der Waals surface area contributed by atoms with Crippen molar-refractivity contribution in [3.05, 3.63) is 35.4 Å². The molecule has 0 aliphatic rings. The van der Waals surface area contributed by atoms with Gasteiger partial charge in [0.2, 0.25) is 0 Å². The third-order valence-corrected chi connectivity index (χ3v) is 2.30. The monoisotopic (exact) mass is 244 g/mol. The van der Waals surface area contributed by atoms with Gasteiger partial charge in [-0.2, -0.15) is 0 Å². The molecule has 0 aliphatic carbocycles. The summed E-state index contributed by atoms with van der Waals surface area (Å²) in [7, 11) is -5.13. The molecule has 0 aliphatic heterocycles. The number of carbonyl (C=O) groups excluding carboxylic acids is 1. The first kappa shape index (κ1) is 18.4. The summed E-state index contributed by atoms with van der Waals surface area (Å²) in [5, 5.41) is 0. The molecule has 0 aromatic heterocycles. The number of rotatable bonds is 2. The van der Waals surface area contributed by atoms with Crippen molar-refractivity contribution in [2.24, 2.45) is 0 Å². The SMILES string of the molecule is Cc1ccc(C(=O)P(=O)([O-])[O-])cc1.[Na+].[Na+]. The quantitative estimate of drug-likeness (QED) is 0.383. The molecule has 0 amide bonds. The van der Waals surface area contributed by atoms with Gasteiger partial charge in [0.25, 0.3) is 0 Å². The van der Waals surface area contributed by atoms with Crippen LogP contribution in [0.3, 0.4) is 0 Å². The van der Waals surface area contributed by atoms with Crippen LogP contribution >= 0.6 is 7.60 Å². The van der Waals surface area contributed by atoms with E-state index in [1.807, 2.05) is 0 Å². The number of aryl methyl sites for hydroxylation is 1. The van der Waals surface area contributed by atoms with Crippen LogP contribution in [-0.2, 0) is 4.57 Å². The molecule has 0 radical (unpaired) electrons. The fraction of sp³-hybridized carbons (Fsp3) is 0.125. The van der Waals surface area contributed by atoms with Crippen molar-refractivity contribution in [2.75, 3.05) is 0 Å². The van der Waals surface area contributed by atoms with Crippen LogP contribution in [0.1, 0.15) is 15.9 Å². The zero-order valence-electron chi connectivity index (χ0n) is 8.89. The number of carbonyl (C=O) groups is 1. The standard InChI is InChI=1S/C8H9O4P.2Na/c1-6-2-4-7(5-3-6)8(9)13(10,11)12;;/h2-5H,1H3,(H2,10,11,12);;/q;2*+1/p-2. The summed E-state index contributed by atoms with van der Waals surface area (Å²) < 4.78 is 10.3. The summed E-state index contributed by atoms with van der Waals surface area (Å²) in [4.78, 5) is 31.6. The molecule has 0 heterocycles. The predicted octanol–water partition coefficient (Wildman–Crippen LogP) is -5.94. The Balaban J connectivity index is 0. The maximum atomic E-state index is 10.9. The molecule has 0 saturated carbocycles. The van der Waals surface area contributed by atoms with Gasteiger partial charge in [0.1, 0.15) is 0 Å². The van der Waals surface area contributed by atoms with Gasteiger partial charge in [-0.1, -0.05) is 29.8 Å². The summed E-state index contributed by atoms with van der Waals surface area (Å²) in [6.07, 6.45) is 0. The van der Waals surface area contributed by atoms with E-state index >= 15 is 0 Å². The number of hydrogen-bond donors (Lipinski definition) is 0. The van der Waals surface area contributed by atoms with Gasteiger partial charge in [-0.05, 0) is 6.92 Å². The fourth-order valence-electron chi connectivity index (χ4n) is 0.854. The third-order valence-electron chi connectivity index (χ3n) is 1.55. The minimum Gasteiger partial charge on any atom is -0.805 e. The van der Waals surface area contributed by atoms with Gasteiger partial charge in [-0.3, -0.25) is 4.79 Å². The van der Waals surface area contributed by atoms with Crippen LogP contribution in [0.4, 0.5) is 0 Å². The normalized spacial score (nSPS) is 9.80. The van der Waals surface area contributed by atoms with E-state index in [1.54, 1.807) is 19.1 Å². The smallest absolute Gasteiger partial charge is 0.805 e. The van der Waals surface area contributed by atoms with E-state index in [1.165, 1.54) is 12.1 Å². The fourth-order valence-corrected chi connectivity index (χ4v) is 1.32. The van der Waals surface area contributed by atoms with Crippen molar-refractivity contribution >= 4 is 13.1 Å². The second-order valence-electron chi connectivity index (χ2n) is 2.67. The van der Waals surface area contributed by atoms with Gasteiger partial charge < -0.3 is 14.4 Å². The van der Waals surface area contributed by atoms with Gasteiger partial charge in [0.15, 0.2) is 5.52 Å². The van der Waals surface area contributed by atoms with Crippen LogP contribution in [0.5, 0.6) is 0 Å². The molecule has 0 spiro atoms. The van der Waals surface area contributed by atoms with E-state index in [2.05, 4.69) is 0 Å². The van der Waals surface area contributed by atoms with Crippen LogP contribution in [0.2, 0.25) is 0 Å². The van der Waals surface area contributed by atoms with E-state index in [4.69, 9.17) is 0 Å². The van der Waals surface area contributed by atoms with Gasteiger partial charge in [-0.15, -0.1) is 0 Å². The van der Waals surface area contributed by atoms with E-state index in [9.17, 15) is 19.1 Å². The van der Waals surface area contributed by atoms with Crippen LogP contribution in [0, 0.1) is 6.92 Å². The van der Waals surface area contributed by atoms with Crippen LogP contribution in [0.15, 0.2) is 24.3 Å². The summed E-state index contributed by atoms with van der Waals surface area (Å²) in [5.41, 5.74) is -0.547. The Bertz CT molecular complexity index is 371. The second kappa shape index (κ2) is 7.38.